The van der Waals surface area contributed by atoms with E-state index in [2.05, 4.69) is 31.2 Å². The highest BCUT2D eigenvalue weighted by atomic mass is 79.9. The van der Waals surface area contributed by atoms with Crippen molar-refractivity contribution in [1.29, 1.82) is 0 Å². The van der Waals surface area contributed by atoms with Gasteiger partial charge >= 0.3 is 0 Å². The predicted octanol–water partition coefficient (Wildman–Crippen LogP) is 1.42. The van der Waals surface area contributed by atoms with Crippen LogP contribution in [-0.2, 0) is 9.53 Å². The van der Waals surface area contributed by atoms with Crippen LogP contribution in [0.3, 0.4) is 0 Å². The molecular formula is C12H15BrN4O2. The van der Waals surface area contributed by atoms with E-state index in [9.17, 15) is 4.79 Å². The third-order valence-electron chi connectivity index (χ3n) is 3.47. The maximum atomic E-state index is 12.1. The number of fused-ring (bicyclic) bond motifs is 1. The van der Waals surface area contributed by atoms with Gasteiger partial charge in [-0.1, -0.05) is 0 Å². The lowest BCUT2D eigenvalue weighted by atomic mass is 9.99. The maximum Gasteiger partial charge on any atom is 0.247 e. The average molecular weight is 327 g/mol. The number of anilines is 2. The Morgan fingerprint density at radius 2 is 2.26 bits per heavy atom. The van der Waals surface area contributed by atoms with E-state index < -0.39 is 0 Å². The zero-order chi connectivity index (χ0) is 13.2. The minimum atomic E-state index is 0.0476. The number of carbonyl (C=O) groups excluding carboxylic acids is 1. The van der Waals surface area contributed by atoms with Crippen LogP contribution >= 0.6 is 15.9 Å². The van der Waals surface area contributed by atoms with Gasteiger partial charge in [0.1, 0.15) is 4.60 Å². The fourth-order valence-corrected chi connectivity index (χ4v) is 2.69. The summed E-state index contributed by atoms with van der Waals surface area (Å²) in [5.41, 5.74) is 0. The molecule has 0 spiro atoms. The summed E-state index contributed by atoms with van der Waals surface area (Å²) in [6, 6.07) is 0. The van der Waals surface area contributed by atoms with Gasteiger partial charge < -0.3 is 10.1 Å². The van der Waals surface area contributed by atoms with Crippen LogP contribution in [0, 0.1) is 5.92 Å². The van der Waals surface area contributed by atoms with Crippen molar-refractivity contribution < 1.29 is 9.53 Å². The number of halogens is 1. The maximum absolute atomic E-state index is 12.1. The molecule has 2 aliphatic heterocycles. The van der Waals surface area contributed by atoms with Crippen LogP contribution in [0.1, 0.15) is 12.8 Å². The predicted molar refractivity (Wildman–Crippen MR) is 74.1 cm³/mol. The van der Waals surface area contributed by atoms with E-state index >= 15 is 0 Å². The third kappa shape index (κ3) is 2.71. The zero-order valence-electron chi connectivity index (χ0n) is 10.4. The molecule has 1 aromatic rings. The number of carbonyl (C=O) groups is 1. The molecule has 1 saturated heterocycles. The Balaban J connectivity index is 1.83. The molecule has 1 fully saturated rings. The molecule has 6 nitrogen and oxygen atoms in total. The first kappa shape index (κ1) is 12.8. The number of hydrogen-bond acceptors (Lipinski definition) is 5. The highest BCUT2D eigenvalue weighted by molar-refractivity contribution is 9.10. The summed E-state index contributed by atoms with van der Waals surface area (Å²) in [4.78, 5) is 22.5. The van der Waals surface area contributed by atoms with Crippen molar-refractivity contribution in [3.05, 3.63) is 10.8 Å². The quantitative estimate of drug-likeness (QED) is 0.890. The molecule has 3 heterocycles. The van der Waals surface area contributed by atoms with Crippen LogP contribution < -0.4 is 10.2 Å². The monoisotopic (exact) mass is 326 g/mol. The normalized spacial score (nSPS) is 20.1. The molecule has 0 unspecified atom stereocenters. The third-order valence-corrected chi connectivity index (χ3v) is 3.85. The van der Waals surface area contributed by atoms with Crippen molar-refractivity contribution in [2.45, 2.75) is 12.8 Å². The van der Waals surface area contributed by atoms with Gasteiger partial charge in [-0.15, -0.1) is 0 Å². The van der Waals surface area contributed by atoms with Crippen LogP contribution in [-0.4, -0.2) is 42.2 Å². The molecule has 0 radical (unpaired) electrons. The van der Waals surface area contributed by atoms with E-state index in [-0.39, 0.29) is 12.5 Å². The molecule has 1 N–H and O–H groups in total. The number of nitrogens with zero attached hydrogens (tertiary/aromatic N) is 3. The van der Waals surface area contributed by atoms with E-state index in [1.54, 1.807) is 11.1 Å². The van der Waals surface area contributed by atoms with Crippen molar-refractivity contribution in [3.63, 3.8) is 0 Å². The number of hydrogen-bond donors (Lipinski definition) is 1. The average Bonchev–Trinajstić information content (AvgIpc) is 2.43. The molecule has 1 amide bonds. The van der Waals surface area contributed by atoms with Crippen molar-refractivity contribution >= 4 is 33.5 Å². The zero-order valence-corrected chi connectivity index (χ0v) is 12.0. The minimum absolute atomic E-state index is 0.0476. The molecule has 0 aliphatic carbocycles. The van der Waals surface area contributed by atoms with E-state index in [1.807, 2.05) is 0 Å². The Morgan fingerprint density at radius 1 is 1.47 bits per heavy atom. The second-order valence-corrected chi connectivity index (χ2v) is 5.59. The van der Waals surface area contributed by atoms with Crippen molar-refractivity contribution in [2.24, 2.45) is 5.92 Å². The highest BCUT2D eigenvalue weighted by Crippen LogP contribution is 2.28. The Kier molecular flexibility index (Phi) is 3.65. The Labute approximate surface area is 119 Å². The molecule has 7 heteroatoms. The van der Waals surface area contributed by atoms with Gasteiger partial charge in [-0.05, 0) is 34.7 Å². The molecule has 1 aromatic heterocycles. The fraction of sp³-hybridized carbons (Fsp3) is 0.583. The molecule has 2 aliphatic rings. The Hall–Kier alpha value is -1.21. The van der Waals surface area contributed by atoms with Gasteiger partial charge in [-0.3, -0.25) is 9.69 Å². The van der Waals surface area contributed by atoms with Crippen molar-refractivity contribution in [1.82, 2.24) is 9.97 Å². The van der Waals surface area contributed by atoms with Gasteiger partial charge in [-0.25, -0.2) is 9.97 Å². The summed E-state index contributed by atoms with van der Waals surface area (Å²) in [6.07, 6.45) is 3.62. The molecule has 102 valence electrons. The van der Waals surface area contributed by atoms with Gasteiger partial charge in [0.05, 0.1) is 12.7 Å². The van der Waals surface area contributed by atoms with Crippen molar-refractivity contribution in [2.75, 3.05) is 36.5 Å². The largest absolute Gasteiger partial charge is 0.381 e. The molecule has 19 heavy (non-hydrogen) atoms. The number of nitrogens with one attached hydrogen (secondary N) is 1. The van der Waals surface area contributed by atoms with Crippen molar-refractivity contribution in [3.8, 4) is 0 Å². The fourth-order valence-electron chi connectivity index (χ4n) is 2.42. The van der Waals surface area contributed by atoms with Crippen LogP contribution in [0.15, 0.2) is 10.8 Å². The summed E-state index contributed by atoms with van der Waals surface area (Å²) in [5, 5.41) is 3.00. The number of ether oxygens (including phenoxy) is 1. The first-order chi connectivity index (χ1) is 9.24. The SMILES string of the molecule is O=C1CNc2ncc(Br)nc2N1CC1CCOCC1. The minimum Gasteiger partial charge on any atom is -0.381 e. The van der Waals surface area contributed by atoms with E-state index in [0.29, 0.717) is 28.7 Å². The Bertz CT molecular complexity index is 491. The number of amides is 1. The van der Waals surface area contributed by atoms with Gasteiger partial charge in [0, 0.05) is 19.8 Å². The second-order valence-electron chi connectivity index (χ2n) is 4.78. The van der Waals surface area contributed by atoms with Gasteiger partial charge in [0.15, 0.2) is 11.6 Å². The molecule has 0 saturated carbocycles. The summed E-state index contributed by atoms with van der Waals surface area (Å²) >= 11 is 3.30. The summed E-state index contributed by atoms with van der Waals surface area (Å²) in [6.45, 7) is 2.54. The standard InChI is InChI=1S/C12H15BrN4O2/c13-9-5-14-11-12(16-9)17(10(18)6-15-11)7-8-1-3-19-4-2-8/h5,8H,1-4,6-7H2,(H,14,15). The number of rotatable bonds is 2. The van der Waals surface area contributed by atoms with E-state index in [1.165, 1.54) is 0 Å². The lowest BCUT2D eigenvalue weighted by Gasteiger charge is -2.32. The lowest BCUT2D eigenvalue weighted by Crippen LogP contribution is -2.44. The number of aromatic nitrogens is 2. The molecule has 0 aromatic carbocycles. The van der Waals surface area contributed by atoms with Gasteiger partial charge in [-0.2, -0.15) is 0 Å². The highest BCUT2D eigenvalue weighted by Gasteiger charge is 2.29. The summed E-state index contributed by atoms with van der Waals surface area (Å²) < 4.78 is 5.99. The van der Waals surface area contributed by atoms with Gasteiger partial charge in [0.2, 0.25) is 5.91 Å². The molecule has 0 atom stereocenters. The molecule has 0 bridgehead atoms. The smallest absolute Gasteiger partial charge is 0.247 e. The molecule has 3 rings (SSSR count). The first-order valence-electron chi connectivity index (χ1n) is 6.38. The van der Waals surface area contributed by atoms with Gasteiger partial charge in [0.25, 0.3) is 0 Å². The second kappa shape index (κ2) is 5.42. The molecular weight excluding hydrogens is 312 g/mol. The van der Waals surface area contributed by atoms with Crippen LogP contribution in [0.25, 0.3) is 0 Å². The van der Waals surface area contributed by atoms with E-state index in [4.69, 9.17) is 4.74 Å². The Morgan fingerprint density at radius 3 is 3.05 bits per heavy atom. The van der Waals surface area contributed by atoms with E-state index in [0.717, 1.165) is 26.1 Å². The summed E-state index contributed by atoms with van der Waals surface area (Å²) in [7, 11) is 0. The first-order valence-corrected chi connectivity index (χ1v) is 7.18. The topological polar surface area (TPSA) is 67.4 Å². The van der Waals surface area contributed by atoms with Crippen LogP contribution in [0.4, 0.5) is 11.6 Å². The van der Waals surface area contributed by atoms with Crippen LogP contribution in [0.5, 0.6) is 0 Å². The lowest BCUT2D eigenvalue weighted by molar-refractivity contribution is -0.117. The van der Waals surface area contributed by atoms with Crippen LogP contribution in [0.2, 0.25) is 0 Å². The summed E-state index contributed by atoms with van der Waals surface area (Å²) in [5.74, 6) is 1.82.